The number of likely N-dealkylation sites (tertiary alicyclic amines) is 1. The van der Waals surface area contributed by atoms with E-state index in [-0.39, 0.29) is 18.9 Å². The van der Waals surface area contributed by atoms with E-state index in [2.05, 4.69) is 10.3 Å². The first-order valence-electron chi connectivity index (χ1n) is 8.94. The molecule has 1 amide bonds. The van der Waals surface area contributed by atoms with E-state index in [9.17, 15) is 19.5 Å². The van der Waals surface area contributed by atoms with Crippen LogP contribution in [0.1, 0.15) is 38.5 Å². The number of carbonyl (C=O) groups excluding carboxylic acids is 2. The Morgan fingerprint density at radius 3 is 2.62 bits per heavy atom. The Labute approximate surface area is 152 Å². The molecule has 10 heteroatoms. The molecule has 2 fully saturated rings. The fraction of sp³-hybridized carbons (Fsp3) is 0.750. The van der Waals surface area contributed by atoms with Gasteiger partial charge in [-0.1, -0.05) is 0 Å². The van der Waals surface area contributed by atoms with Crippen molar-refractivity contribution in [2.75, 3.05) is 19.6 Å². The number of amides is 1. The normalized spacial score (nSPS) is 26.5. The van der Waals surface area contributed by atoms with Gasteiger partial charge in [-0.2, -0.15) is 0 Å². The third kappa shape index (κ3) is 3.96. The first kappa shape index (κ1) is 20.1. The molecule has 8 N–H and O–H groups in total. The number of ketones is 1. The SMILES string of the molecule is NC(N)=NCCC[C@H](N)C(=O)N1CCC[C@]1(C(=O)O)C(=O)[C@@H]1CCCN1. The molecule has 0 aromatic carbocycles. The van der Waals surface area contributed by atoms with E-state index in [1.54, 1.807) is 0 Å². The van der Waals surface area contributed by atoms with Crippen molar-refractivity contribution in [2.24, 2.45) is 22.2 Å². The minimum Gasteiger partial charge on any atom is -0.479 e. The van der Waals surface area contributed by atoms with Gasteiger partial charge in [-0.15, -0.1) is 0 Å². The summed E-state index contributed by atoms with van der Waals surface area (Å²) in [6, 6.07) is -1.43. The Bertz CT molecular complexity index is 585. The van der Waals surface area contributed by atoms with Crippen LogP contribution in [0.25, 0.3) is 0 Å². The van der Waals surface area contributed by atoms with Gasteiger partial charge in [-0.3, -0.25) is 14.6 Å². The highest BCUT2D eigenvalue weighted by Gasteiger charge is 2.58. The number of aliphatic imine (C=N–C) groups is 1. The lowest BCUT2D eigenvalue weighted by molar-refractivity contribution is -0.163. The minimum atomic E-state index is -1.82. The summed E-state index contributed by atoms with van der Waals surface area (Å²) < 4.78 is 0. The van der Waals surface area contributed by atoms with E-state index in [1.807, 2.05) is 0 Å². The number of aliphatic carboxylic acids is 1. The maximum atomic E-state index is 13.0. The second kappa shape index (κ2) is 8.45. The molecule has 0 unspecified atom stereocenters. The van der Waals surface area contributed by atoms with Crippen molar-refractivity contribution in [3.05, 3.63) is 0 Å². The number of carbonyl (C=O) groups is 3. The Kier molecular flexibility index (Phi) is 6.54. The summed E-state index contributed by atoms with van der Waals surface area (Å²) in [5, 5.41) is 12.9. The van der Waals surface area contributed by atoms with Crippen LogP contribution in [0.2, 0.25) is 0 Å². The molecule has 0 spiro atoms. The van der Waals surface area contributed by atoms with Crippen LogP contribution in [0.4, 0.5) is 0 Å². The Morgan fingerprint density at radius 2 is 2.04 bits per heavy atom. The minimum absolute atomic E-state index is 0.0380. The molecule has 3 atom stereocenters. The molecular formula is C16H28N6O4. The molecule has 2 heterocycles. The molecule has 146 valence electrons. The van der Waals surface area contributed by atoms with Gasteiger partial charge in [0.05, 0.1) is 12.1 Å². The molecule has 2 aliphatic heterocycles. The molecule has 0 aliphatic carbocycles. The Morgan fingerprint density at radius 1 is 1.31 bits per heavy atom. The summed E-state index contributed by atoms with van der Waals surface area (Å²) in [7, 11) is 0. The molecule has 0 aromatic rings. The van der Waals surface area contributed by atoms with Gasteiger partial charge in [0.15, 0.2) is 11.7 Å². The lowest BCUT2D eigenvalue weighted by Crippen LogP contribution is -2.64. The summed E-state index contributed by atoms with van der Waals surface area (Å²) in [5.74, 6) is -2.28. The number of rotatable bonds is 8. The van der Waals surface area contributed by atoms with E-state index in [0.717, 1.165) is 6.42 Å². The molecule has 0 radical (unpaired) electrons. The highest BCUT2D eigenvalue weighted by molar-refractivity contribution is 6.13. The molecule has 2 aliphatic rings. The van der Waals surface area contributed by atoms with Crippen molar-refractivity contribution >= 4 is 23.6 Å². The molecule has 0 saturated carbocycles. The van der Waals surface area contributed by atoms with Crippen LogP contribution < -0.4 is 22.5 Å². The van der Waals surface area contributed by atoms with Crippen molar-refractivity contribution < 1.29 is 19.5 Å². The number of hydrogen-bond donors (Lipinski definition) is 5. The van der Waals surface area contributed by atoms with Crippen molar-refractivity contribution in [3.63, 3.8) is 0 Å². The number of hydrogen-bond acceptors (Lipinski definition) is 6. The average molecular weight is 368 g/mol. The van der Waals surface area contributed by atoms with Crippen molar-refractivity contribution in [1.29, 1.82) is 0 Å². The maximum Gasteiger partial charge on any atom is 0.337 e. The number of nitrogens with one attached hydrogen (secondary N) is 1. The van der Waals surface area contributed by atoms with Crippen LogP contribution in [0.15, 0.2) is 4.99 Å². The van der Waals surface area contributed by atoms with Crippen LogP contribution in [0.5, 0.6) is 0 Å². The zero-order chi connectivity index (χ0) is 19.3. The summed E-state index contributed by atoms with van der Waals surface area (Å²) in [6.45, 7) is 1.22. The molecular weight excluding hydrogens is 340 g/mol. The summed E-state index contributed by atoms with van der Waals surface area (Å²) in [4.78, 5) is 42.8. The quantitative estimate of drug-likeness (QED) is 0.143. The fourth-order valence-electron chi connectivity index (χ4n) is 3.74. The van der Waals surface area contributed by atoms with Crippen LogP contribution in [-0.2, 0) is 14.4 Å². The second-order valence-corrected chi connectivity index (χ2v) is 6.83. The average Bonchev–Trinajstić information content (AvgIpc) is 3.26. The number of carboxylic acid groups (broad SMARTS) is 1. The largest absolute Gasteiger partial charge is 0.479 e. The number of guanidine groups is 1. The van der Waals surface area contributed by atoms with Gasteiger partial charge in [-0.05, 0) is 45.1 Å². The van der Waals surface area contributed by atoms with Crippen molar-refractivity contribution in [1.82, 2.24) is 10.2 Å². The van der Waals surface area contributed by atoms with E-state index in [4.69, 9.17) is 17.2 Å². The zero-order valence-corrected chi connectivity index (χ0v) is 14.8. The summed E-state index contributed by atoms with van der Waals surface area (Å²) in [5.41, 5.74) is 14.6. The summed E-state index contributed by atoms with van der Waals surface area (Å²) in [6.07, 6.45) is 2.75. The van der Waals surface area contributed by atoms with Gasteiger partial charge in [-0.25, -0.2) is 4.79 Å². The van der Waals surface area contributed by atoms with Gasteiger partial charge in [0, 0.05) is 13.1 Å². The predicted molar refractivity (Wildman–Crippen MR) is 95.2 cm³/mol. The zero-order valence-electron chi connectivity index (χ0n) is 14.8. The van der Waals surface area contributed by atoms with Crippen molar-refractivity contribution in [2.45, 2.75) is 56.1 Å². The van der Waals surface area contributed by atoms with E-state index in [1.165, 1.54) is 4.90 Å². The Balaban J connectivity index is 2.11. The lowest BCUT2D eigenvalue weighted by atomic mass is 9.85. The van der Waals surface area contributed by atoms with Gasteiger partial charge in [0.1, 0.15) is 0 Å². The van der Waals surface area contributed by atoms with Crippen LogP contribution in [-0.4, -0.2) is 70.9 Å². The monoisotopic (exact) mass is 368 g/mol. The number of nitrogens with two attached hydrogens (primary N) is 3. The first-order chi connectivity index (χ1) is 12.3. The van der Waals surface area contributed by atoms with Gasteiger partial charge < -0.3 is 32.5 Å². The van der Waals surface area contributed by atoms with Crippen LogP contribution in [0, 0.1) is 0 Å². The van der Waals surface area contributed by atoms with Gasteiger partial charge in [0.25, 0.3) is 0 Å². The smallest absolute Gasteiger partial charge is 0.337 e. The molecule has 26 heavy (non-hydrogen) atoms. The van der Waals surface area contributed by atoms with E-state index >= 15 is 0 Å². The standard InChI is InChI=1S/C16H28N6O4/c17-10(4-1-8-21-15(18)19)13(24)22-9-3-6-16(22,14(25)26)12(23)11-5-2-7-20-11/h10-11,20H,1-9,17H2,(H,25,26)(H4,18,19,21)/t10-,11-,16+/m0/s1. The van der Waals surface area contributed by atoms with Gasteiger partial charge in [0.2, 0.25) is 11.4 Å². The third-order valence-corrected chi connectivity index (χ3v) is 5.07. The van der Waals surface area contributed by atoms with Gasteiger partial charge >= 0.3 is 5.97 Å². The highest BCUT2D eigenvalue weighted by Crippen LogP contribution is 2.34. The molecule has 0 aromatic heterocycles. The van der Waals surface area contributed by atoms with E-state index < -0.39 is 35.3 Å². The van der Waals surface area contributed by atoms with Crippen LogP contribution >= 0.6 is 0 Å². The topological polar surface area (TPSA) is 177 Å². The van der Waals surface area contributed by atoms with Crippen LogP contribution in [0.3, 0.4) is 0 Å². The maximum absolute atomic E-state index is 13.0. The highest BCUT2D eigenvalue weighted by atomic mass is 16.4. The third-order valence-electron chi connectivity index (χ3n) is 5.07. The molecule has 2 rings (SSSR count). The molecule has 0 bridgehead atoms. The summed E-state index contributed by atoms with van der Waals surface area (Å²) >= 11 is 0. The molecule has 10 nitrogen and oxygen atoms in total. The number of carboxylic acids is 1. The Hall–Kier alpha value is -2.20. The second-order valence-electron chi connectivity index (χ2n) is 6.83. The first-order valence-corrected chi connectivity index (χ1v) is 8.94. The molecule has 2 saturated heterocycles. The predicted octanol–water partition coefficient (Wildman–Crippen LogP) is -1.87. The van der Waals surface area contributed by atoms with Crippen molar-refractivity contribution in [3.8, 4) is 0 Å². The number of nitrogens with zero attached hydrogens (tertiary/aromatic N) is 2. The lowest BCUT2D eigenvalue weighted by Gasteiger charge is -2.36. The fourth-order valence-corrected chi connectivity index (χ4v) is 3.74. The van der Waals surface area contributed by atoms with E-state index in [0.29, 0.717) is 38.8 Å². The number of Topliss-reactive ketones (excluding diaryl/α,β-unsaturated/α-hetero) is 1.